The van der Waals surface area contributed by atoms with Crippen LogP contribution in [0.5, 0.6) is 11.6 Å². The minimum absolute atomic E-state index is 0.0287. The van der Waals surface area contributed by atoms with E-state index in [1.54, 1.807) is 37.6 Å². The van der Waals surface area contributed by atoms with Crippen LogP contribution in [0.25, 0.3) is 32.9 Å². The van der Waals surface area contributed by atoms with Crippen LogP contribution >= 0.6 is 23.2 Å². The highest BCUT2D eigenvalue weighted by molar-refractivity contribution is 6.43. The Kier molecular flexibility index (Phi) is 8.29. The molecule has 5 atom stereocenters. The van der Waals surface area contributed by atoms with Crippen molar-refractivity contribution in [3.8, 4) is 28.8 Å². The number of rotatable bonds is 9. The number of nitrogens with one attached hydrogen (secondary N) is 1. The number of likely N-dealkylation sites (tertiary alicyclic amines) is 1. The second-order valence-corrected chi connectivity index (χ2v) is 15.4. The summed E-state index contributed by atoms with van der Waals surface area (Å²) in [6.45, 7) is 3.28. The van der Waals surface area contributed by atoms with E-state index in [4.69, 9.17) is 37.7 Å². The quantitative estimate of drug-likeness (QED) is 0.163. The molecule has 266 valence electrons. The van der Waals surface area contributed by atoms with E-state index in [0.717, 1.165) is 42.4 Å². The van der Waals surface area contributed by atoms with Crippen LogP contribution < -0.4 is 14.8 Å². The predicted molar refractivity (Wildman–Crippen MR) is 197 cm³/mol. The molecular weight excluding hydrogens is 702 g/mol. The molecule has 9 nitrogen and oxygen atoms in total. The summed E-state index contributed by atoms with van der Waals surface area (Å²) in [5.74, 6) is 1.22. The van der Waals surface area contributed by atoms with Crippen LogP contribution in [0.15, 0.2) is 48.7 Å². The fraction of sp³-hybridized carbons (Fsp3) is 0.400. The summed E-state index contributed by atoms with van der Waals surface area (Å²) in [6, 6.07) is 15.3. The molecule has 2 aromatic carbocycles. The van der Waals surface area contributed by atoms with E-state index in [0.29, 0.717) is 69.7 Å². The Bertz CT molecular complexity index is 2290. The van der Waals surface area contributed by atoms with Gasteiger partial charge in [0.15, 0.2) is 5.82 Å². The van der Waals surface area contributed by atoms with Gasteiger partial charge in [0.25, 0.3) is 0 Å². The van der Waals surface area contributed by atoms with E-state index in [1.165, 1.54) is 0 Å². The van der Waals surface area contributed by atoms with Crippen molar-refractivity contribution in [3.05, 3.63) is 81.5 Å². The first kappa shape index (κ1) is 33.4. The number of nitrogens with zero attached hydrogens (tertiary/aromatic N) is 5. The third-order valence-corrected chi connectivity index (χ3v) is 12.3. The number of carbonyl (C=O) groups excluding carboxylic acids is 1. The molecule has 5 aromatic rings. The number of halogens is 3. The normalized spacial score (nSPS) is 23.6. The van der Waals surface area contributed by atoms with Crippen molar-refractivity contribution in [1.82, 2.24) is 24.8 Å². The van der Waals surface area contributed by atoms with E-state index in [1.807, 2.05) is 24.0 Å². The third kappa shape index (κ3) is 5.39. The standard InChI is InChI=1S/C40H37Cl2FN6O3/c1-20-27-16-32(31-15-25(19-48(31)40(50)21-8-9-21)52-24-10-11-33(51-2)46-18-24)49(38-23-14-30(38)45-17-23)39(27)28-13-22(5-4-12-44)34(36(43)37(28)47-20)26-6-3-7-29(41)35(26)42/h3,6-7,10-11,13,16,18,21,23,25,30-31,38,45H,4-5,8-9,14-15,17,19H2,1-2H3/t23-,25+,30-,31-,38+/m1/s1. The molecule has 0 unspecified atom stereocenters. The smallest absolute Gasteiger partial charge is 0.226 e. The van der Waals surface area contributed by atoms with Gasteiger partial charge in [-0.05, 0) is 68.4 Å². The Morgan fingerprint density at radius 1 is 1.15 bits per heavy atom. The molecule has 3 aliphatic heterocycles. The first-order chi connectivity index (χ1) is 25.2. The monoisotopic (exact) mass is 738 g/mol. The fourth-order valence-corrected chi connectivity index (χ4v) is 9.21. The largest absolute Gasteiger partial charge is 0.487 e. The highest BCUT2D eigenvalue weighted by atomic mass is 35.5. The van der Waals surface area contributed by atoms with Gasteiger partial charge in [-0.25, -0.2) is 14.4 Å². The summed E-state index contributed by atoms with van der Waals surface area (Å²) in [7, 11) is 1.57. The lowest BCUT2D eigenvalue weighted by Gasteiger charge is -2.39. The minimum Gasteiger partial charge on any atom is -0.487 e. The van der Waals surface area contributed by atoms with Crippen LogP contribution in [0.1, 0.15) is 61.1 Å². The van der Waals surface area contributed by atoms with Crippen LogP contribution in [0.2, 0.25) is 10.0 Å². The highest BCUT2D eigenvalue weighted by Gasteiger charge is 2.51. The molecule has 12 heteroatoms. The molecule has 3 aromatic heterocycles. The Morgan fingerprint density at radius 2 is 2.00 bits per heavy atom. The molecule has 3 saturated heterocycles. The summed E-state index contributed by atoms with van der Waals surface area (Å²) >= 11 is 13.1. The average Bonchev–Trinajstić information content (AvgIpc) is 3.43. The molecule has 10 rings (SSSR count). The van der Waals surface area contributed by atoms with Crippen LogP contribution in [-0.4, -0.2) is 57.7 Å². The number of ether oxygens (including phenoxy) is 2. The lowest BCUT2D eigenvalue weighted by molar-refractivity contribution is -0.133. The zero-order chi connectivity index (χ0) is 35.8. The molecule has 2 saturated carbocycles. The van der Waals surface area contributed by atoms with Crippen LogP contribution in [0.4, 0.5) is 4.39 Å². The van der Waals surface area contributed by atoms with Crippen LogP contribution in [0, 0.1) is 35.9 Å². The zero-order valence-corrected chi connectivity index (χ0v) is 30.3. The first-order valence-corrected chi connectivity index (χ1v) is 18.7. The maximum atomic E-state index is 17.2. The molecule has 1 amide bonds. The van der Waals surface area contributed by atoms with E-state index in [2.05, 4.69) is 27.0 Å². The molecule has 1 N–H and O–H groups in total. The SMILES string of the molecule is COc1ccc(O[C@H]2C[C@H](c3cc4c(C)nc5c(F)c(-c6cccc(Cl)c6Cl)c(CCC#N)cc5c4n3[C@H]3[C@H]4CN[C@@H]3C4)N(C(=O)C3CC3)C2)cn1. The maximum Gasteiger partial charge on any atom is 0.226 e. The number of benzene rings is 2. The molecular formula is C40H37Cl2FN6O3. The molecule has 5 fully saturated rings. The number of nitriles is 1. The van der Waals surface area contributed by atoms with Crippen molar-refractivity contribution in [2.45, 2.75) is 69.7 Å². The van der Waals surface area contributed by atoms with E-state index in [9.17, 15) is 10.1 Å². The van der Waals surface area contributed by atoms with Gasteiger partial charge < -0.3 is 24.3 Å². The van der Waals surface area contributed by atoms with Crippen molar-refractivity contribution in [1.29, 1.82) is 5.26 Å². The Morgan fingerprint density at radius 3 is 2.69 bits per heavy atom. The summed E-state index contributed by atoms with van der Waals surface area (Å²) < 4.78 is 31.3. The van der Waals surface area contributed by atoms with E-state index < -0.39 is 5.82 Å². The van der Waals surface area contributed by atoms with Crippen LogP contribution in [0.3, 0.4) is 0 Å². The van der Waals surface area contributed by atoms with Crippen molar-refractivity contribution in [2.24, 2.45) is 11.8 Å². The number of aromatic nitrogens is 3. The molecule has 0 radical (unpaired) electrons. The zero-order valence-electron chi connectivity index (χ0n) is 28.8. The number of aryl methyl sites for hydroxylation is 2. The Balaban J connectivity index is 1.24. The van der Waals surface area contributed by atoms with Gasteiger partial charge >= 0.3 is 0 Å². The third-order valence-electron chi connectivity index (χ3n) is 11.5. The fourth-order valence-electron chi connectivity index (χ4n) is 8.82. The van der Waals surface area contributed by atoms with Gasteiger partial charge in [0.2, 0.25) is 11.8 Å². The second kappa shape index (κ2) is 12.9. The van der Waals surface area contributed by atoms with E-state index in [-0.39, 0.29) is 53.0 Å². The molecule has 0 spiro atoms. The Labute approximate surface area is 310 Å². The number of hydrogen-bond donors (Lipinski definition) is 1. The number of hydrogen-bond acceptors (Lipinski definition) is 7. The van der Waals surface area contributed by atoms with Crippen molar-refractivity contribution in [3.63, 3.8) is 0 Å². The number of pyridine rings is 2. The lowest BCUT2D eigenvalue weighted by atomic mass is 9.79. The molecule has 6 heterocycles. The highest BCUT2D eigenvalue weighted by Crippen LogP contribution is 2.51. The number of methoxy groups -OCH3 is 1. The van der Waals surface area contributed by atoms with Crippen molar-refractivity contribution in [2.75, 3.05) is 20.2 Å². The summed E-state index contributed by atoms with van der Waals surface area (Å²) in [6.07, 6.45) is 5.38. The molecule has 2 aliphatic carbocycles. The molecule has 52 heavy (non-hydrogen) atoms. The van der Waals surface area contributed by atoms with Crippen LogP contribution in [-0.2, 0) is 11.2 Å². The minimum atomic E-state index is -0.489. The number of carbonyl (C=O) groups is 1. The summed E-state index contributed by atoms with van der Waals surface area (Å²) in [5, 5.41) is 15.5. The van der Waals surface area contributed by atoms with Gasteiger partial charge in [-0.15, -0.1) is 0 Å². The van der Waals surface area contributed by atoms with Crippen molar-refractivity contribution >= 4 is 50.9 Å². The predicted octanol–water partition coefficient (Wildman–Crippen LogP) is 8.13. The van der Waals surface area contributed by atoms with Gasteiger partial charge in [0.1, 0.15) is 17.4 Å². The van der Waals surface area contributed by atoms with Gasteiger partial charge in [-0.3, -0.25) is 4.79 Å². The number of amides is 1. The maximum absolute atomic E-state index is 17.2. The number of fused-ring (bicyclic) bond motifs is 4. The van der Waals surface area contributed by atoms with Gasteiger partial charge in [0, 0.05) is 70.7 Å². The summed E-state index contributed by atoms with van der Waals surface area (Å²) in [5.41, 5.74) is 4.32. The second-order valence-electron chi connectivity index (χ2n) is 14.6. The van der Waals surface area contributed by atoms with Gasteiger partial charge in [-0.1, -0.05) is 35.3 Å². The average molecular weight is 740 g/mol. The Hall–Kier alpha value is -4.43. The topological polar surface area (TPSA) is 105 Å². The molecule has 2 bridgehead atoms. The van der Waals surface area contributed by atoms with Gasteiger partial charge in [-0.2, -0.15) is 5.26 Å². The first-order valence-electron chi connectivity index (χ1n) is 17.9. The molecule has 5 aliphatic rings. The van der Waals surface area contributed by atoms with Gasteiger partial charge in [0.05, 0.1) is 53.6 Å². The van der Waals surface area contributed by atoms with E-state index >= 15 is 4.39 Å². The lowest BCUT2D eigenvalue weighted by Crippen LogP contribution is -2.41. The summed E-state index contributed by atoms with van der Waals surface area (Å²) in [4.78, 5) is 25.2. The van der Waals surface area contributed by atoms with Crippen molar-refractivity contribution < 1.29 is 18.7 Å².